The Kier molecular flexibility index (Phi) is 2.07. The summed E-state index contributed by atoms with van der Waals surface area (Å²) in [5, 5.41) is 10.2. The van der Waals surface area contributed by atoms with Crippen molar-refractivity contribution in [2.75, 3.05) is 0 Å². The fourth-order valence-corrected chi connectivity index (χ4v) is 2.00. The van der Waals surface area contributed by atoms with Gasteiger partial charge in [-0.15, -0.1) is 0 Å². The van der Waals surface area contributed by atoms with Gasteiger partial charge in [0, 0.05) is 11.4 Å². The first-order chi connectivity index (χ1) is 5.77. The van der Waals surface area contributed by atoms with E-state index < -0.39 is 0 Å². The second-order valence-corrected chi connectivity index (χ2v) is 3.68. The number of halogens is 1. The molecule has 0 saturated heterocycles. The Morgan fingerprint density at radius 2 is 2.25 bits per heavy atom. The third-order valence-electron chi connectivity index (χ3n) is 2.40. The third-order valence-corrected chi connectivity index (χ3v) is 2.76. The predicted octanol–water partition coefficient (Wildman–Crippen LogP) is 2.19. The van der Waals surface area contributed by atoms with Crippen molar-refractivity contribution in [2.24, 2.45) is 0 Å². The summed E-state index contributed by atoms with van der Waals surface area (Å²) in [6.45, 7) is 0. The van der Waals surface area contributed by atoms with Crippen LogP contribution in [0.5, 0.6) is 0 Å². The van der Waals surface area contributed by atoms with Crippen molar-refractivity contribution in [3.05, 3.63) is 34.3 Å². The Bertz CT molecular complexity index is 296. The molecular formula is C10H11ClO. The maximum atomic E-state index is 9.42. The summed E-state index contributed by atoms with van der Waals surface area (Å²) >= 11 is 6.00. The third kappa shape index (κ3) is 1.35. The summed E-state index contributed by atoms with van der Waals surface area (Å²) in [6, 6.07) is 5.95. The van der Waals surface area contributed by atoms with Crippen molar-refractivity contribution in [3.63, 3.8) is 0 Å². The SMILES string of the molecule is OC1CCc2cccc(Cl)c2C1. The van der Waals surface area contributed by atoms with E-state index in [4.69, 9.17) is 11.6 Å². The van der Waals surface area contributed by atoms with E-state index in [0.717, 1.165) is 29.8 Å². The molecule has 1 aliphatic carbocycles. The average molecular weight is 183 g/mol. The van der Waals surface area contributed by atoms with Crippen LogP contribution in [0.3, 0.4) is 0 Å². The highest BCUT2D eigenvalue weighted by Crippen LogP contribution is 2.27. The van der Waals surface area contributed by atoms with Gasteiger partial charge >= 0.3 is 0 Å². The molecule has 1 aromatic rings. The molecule has 1 nitrogen and oxygen atoms in total. The van der Waals surface area contributed by atoms with Gasteiger partial charge in [0.15, 0.2) is 0 Å². The van der Waals surface area contributed by atoms with Gasteiger partial charge in [-0.3, -0.25) is 0 Å². The van der Waals surface area contributed by atoms with Crippen molar-refractivity contribution >= 4 is 11.6 Å². The molecule has 1 N–H and O–H groups in total. The van der Waals surface area contributed by atoms with Crippen LogP contribution in [0.2, 0.25) is 5.02 Å². The van der Waals surface area contributed by atoms with Crippen LogP contribution >= 0.6 is 11.6 Å². The van der Waals surface area contributed by atoms with Crippen LogP contribution < -0.4 is 0 Å². The molecule has 0 radical (unpaired) electrons. The first kappa shape index (κ1) is 8.09. The maximum absolute atomic E-state index is 9.42. The lowest BCUT2D eigenvalue weighted by Crippen LogP contribution is -2.18. The first-order valence-electron chi connectivity index (χ1n) is 4.21. The quantitative estimate of drug-likeness (QED) is 0.652. The van der Waals surface area contributed by atoms with Crippen LogP contribution in [0.1, 0.15) is 17.5 Å². The van der Waals surface area contributed by atoms with Crippen LogP contribution in [0, 0.1) is 0 Å². The Balaban J connectivity index is 2.43. The van der Waals surface area contributed by atoms with E-state index in [0.29, 0.717) is 0 Å². The molecule has 0 heterocycles. The largest absolute Gasteiger partial charge is 0.393 e. The number of fused-ring (bicyclic) bond motifs is 1. The summed E-state index contributed by atoms with van der Waals surface area (Å²) < 4.78 is 0. The van der Waals surface area contributed by atoms with Crippen molar-refractivity contribution in [1.82, 2.24) is 0 Å². The molecular weight excluding hydrogens is 172 g/mol. The Hall–Kier alpha value is -0.530. The lowest BCUT2D eigenvalue weighted by molar-refractivity contribution is 0.158. The van der Waals surface area contributed by atoms with E-state index in [1.165, 1.54) is 5.56 Å². The van der Waals surface area contributed by atoms with E-state index in [1.807, 2.05) is 12.1 Å². The van der Waals surface area contributed by atoms with Crippen molar-refractivity contribution in [2.45, 2.75) is 25.4 Å². The molecule has 12 heavy (non-hydrogen) atoms. The van der Waals surface area contributed by atoms with Crippen LogP contribution in [0.25, 0.3) is 0 Å². The molecule has 1 atom stereocenters. The van der Waals surface area contributed by atoms with Crippen LogP contribution in [0.15, 0.2) is 18.2 Å². The number of benzene rings is 1. The molecule has 1 aromatic carbocycles. The predicted molar refractivity (Wildman–Crippen MR) is 49.5 cm³/mol. The fourth-order valence-electron chi connectivity index (χ4n) is 1.73. The smallest absolute Gasteiger partial charge is 0.0584 e. The molecule has 64 valence electrons. The lowest BCUT2D eigenvalue weighted by atomic mass is 9.90. The highest BCUT2D eigenvalue weighted by atomic mass is 35.5. The van der Waals surface area contributed by atoms with Gasteiger partial charge < -0.3 is 5.11 Å². The molecule has 0 aromatic heterocycles. The normalized spacial score (nSPS) is 22.0. The van der Waals surface area contributed by atoms with Crippen molar-refractivity contribution < 1.29 is 5.11 Å². The number of rotatable bonds is 0. The van der Waals surface area contributed by atoms with Crippen LogP contribution in [-0.2, 0) is 12.8 Å². The molecule has 0 saturated carbocycles. The summed E-state index contributed by atoms with van der Waals surface area (Å²) in [5.74, 6) is 0. The lowest BCUT2D eigenvalue weighted by Gasteiger charge is -2.21. The van der Waals surface area contributed by atoms with Gasteiger partial charge in [-0.1, -0.05) is 23.7 Å². The standard InChI is InChI=1S/C10H11ClO/c11-10-3-1-2-7-4-5-8(12)6-9(7)10/h1-3,8,12H,4-6H2. The monoisotopic (exact) mass is 182 g/mol. The summed E-state index contributed by atoms with van der Waals surface area (Å²) in [6.07, 6.45) is 2.34. The summed E-state index contributed by atoms with van der Waals surface area (Å²) in [5.41, 5.74) is 2.44. The van der Waals surface area contributed by atoms with Gasteiger partial charge in [0.05, 0.1) is 6.10 Å². The number of aryl methyl sites for hydroxylation is 1. The number of hydrogen-bond donors (Lipinski definition) is 1. The van der Waals surface area contributed by atoms with Gasteiger partial charge in [-0.2, -0.15) is 0 Å². The maximum Gasteiger partial charge on any atom is 0.0584 e. The Morgan fingerprint density at radius 1 is 1.42 bits per heavy atom. The van der Waals surface area contributed by atoms with E-state index in [-0.39, 0.29) is 6.10 Å². The molecule has 1 aliphatic rings. The molecule has 0 aliphatic heterocycles. The molecule has 0 fully saturated rings. The summed E-state index contributed by atoms with van der Waals surface area (Å²) in [7, 11) is 0. The second-order valence-electron chi connectivity index (χ2n) is 3.27. The van der Waals surface area contributed by atoms with E-state index >= 15 is 0 Å². The van der Waals surface area contributed by atoms with Gasteiger partial charge in [-0.25, -0.2) is 0 Å². The Morgan fingerprint density at radius 3 is 3.08 bits per heavy atom. The van der Waals surface area contributed by atoms with Crippen molar-refractivity contribution in [1.29, 1.82) is 0 Å². The topological polar surface area (TPSA) is 20.2 Å². The molecule has 1 unspecified atom stereocenters. The van der Waals surface area contributed by atoms with Gasteiger partial charge in [0.2, 0.25) is 0 Å². The zero-order valence-electron chi connectivity index (χ0n) is 6.76. The second kappa shape index (κ2) is 3.08. The van der Waals surface area contributed by atoms with Crippen molar-refractivity contribution in [3.8, 4) is 0 Å². The van der Waals surface area contributed by atoms with E-state index in [9.17, 15) is 5.11 Å². The zero-order chi connectivity index (χ0) is 8.55. The van der Waals surface area contributed by atoms with Crippen LogP contribution in [-0.4, -0.2) is 11.2 Å². The minimum Gasteiger partial charge on any atom is -0.393 e. The number of aliphatic hydroxyl groups excluding tert-OH is 1. The minimum absolute atomic E-state index is 0.197. The van der Waals surface area contributed by atoms with E-state index in [1.54, 1.807) is 0 Å². The van der Waals surface area contributed by atoms with Gasteiger partial charge in [-0.05, 0) is 30.0 Å². The zero-order valence-corrected chi connectivity index (χ0v) is 7.51. The number of hydrogen-bond acceptors (Lipinski definition) is 1. The molecule has 0 spiro atoms. The minimum atomic E-state index is -0.197. The number of aliphatic hydroxyl groups is 1. The average Bonchev–Trinajstić information content (AvgIpc) is 2.07. The molecule has 2 rings (SSSR count). The highest BCUT2D eigenvalue weighted by Gasteiger charge is 2.17. The summed E-state index contributed by atoms with van der Waals surface area (Å²) in [4.78, 5) is 0. The molecule has 2 heteroatoms. The van der Waals surface area contributed by atoms with Crippen LogP contribution in [0.4, 0.5) is 0 Å². The Labute approximate surface area is 77.0 Å². The highest BCUT2D eigenvalue weighted by molar-refractivity contribution is 6.31. The molecule has 0 amide bonds. The fraction of sp³-hybridized carbons (Fsp3) is 0.400. The van der Waals surface area contributed by atoms with Gasteiger partial charge in [0.1, 0.15) is 0 Å². The first-order valence-corrected chi connectivity index (χ1v) is 4.59. The van der Waals surface area contributed by atoms with Gasteiger partial charge in [0.25, 0.3) is 0 Å². The van der Waals surface area contributed by atoms with E-state index in [2.05, 4.69) is 6.07 Å². The molecule has 0 bridgehead atoms.